The highest BCUT2D eigenvalue weighted by molar-refractivity contribution is 6.25. The van der Waals surface area contributed by atoms with Gasteiger partial charge >= 0.3 is 0 Å². The van der Waals surface area contributed by atoms with E-state index in [2.05, 4.69) is 163 Å². The molecule has 0 aliphatic carbocycles. The van der Waals surface area contributed by atoms with Crippen molar-refractivity contribution in [3.05, 3.63) is 132 Å². The van der Waals surface area contributed by atoms with Crippen LogP contribution in [-0.4, -0.2) is 0 Å². The van der Waals surface area contributed by atoms with Crippen LogP contribution in [0.1, 0.15) is 52.7 Å². The SMILES string of the molecule is CC(C)(C)c1cc2ccc3cc(-c4ccc(-c5cc6ccc7cc(C(C)(C)C)cc8ccc(c5)c6c78)cc4)cc4ccc(c1)c2c34. The predicted octanol–water partition coefficient (Wildman–Crippen LogP) is 13.4. The standard InChI is InChI=1S/C46H38/c1-45(2,3)39-23-33-15-11-29-19-37(20-30-12-16-34(24-39)43(33)41(29)30)27-7-9-28(10-8-27)38-21-31-13-17-35-25-40(46(4,5)6)26-36-18-14-32(22-38)42(31)44(35)36/h7-26H,1-6H3. The van der Waals surface area contributed by atoms with E-state index in [0.29, 0.717) is 0 Å². The first-order chi connectivity index (χ1) is 22.0. The summed E-state index contributed by atoms with van der Waals surface area (Å²) in [6, 6.07) is 46.6. The molecule has 0 radical (unpaired) electrons. The van der Waals surface area contributed by atoms with Crippen molar-refractivity contribution < 1.29 is 0 Å². The van der Waals surface area contributed by atoms with E-state index in [1.807, 2.05) is 0 Å². The van der Waals surface area contributed by atoms with Crippen LogP contribution in [0.15, 0.2) is 121 Å². The van der Waals surface area contributed by atoms with Gasteiger partial charge in [-0.2, -0.15) is 0 Å². The van der Waals surface area contributed by atoms with Crippen molar-refractivity contribution in [2.24, 2.45) is 0 Å². The van der Waals surface area contributed by atoms with Gasteiger partial charge in [0.25, 0.3) is 0 Å². The van der Waals surface area contributed by atoms with Gasteiger partial charge in [-0.15, -0.1) is 0 Å². The van der Waals surface area contributed by atoms with Crippen LogP contribution in [0.4, 0.5) is 0 Å². The third-order valence-electron chi connectivity index (χ3n) is 10.4. The van der Waals surface area contributed by atoms with Gasteiger partial charge in [0.05, 0.1) is 0 Å². The van der Waals surface area contributed by atoms with Gasteiger partial charge in [0.15, 0.2) is 0 Å². The maximum Gasteiger partial charge on any atom is -0.00264 e. The number of hydrogen-bond donors (Lipinski definition) is 0. The molecule has 0 heterocycles. The first-order valence-corrected chi connectivity index (χ1v) is 16.6. The van der Waals surface area contributed by atoms with E-state index in [4.69, 9.17) is 0 Å². The van der Waals surface area contributed by atoms with Gasteiger partial charge < -0.3 is 0 Å². The van der Waals surface area contributed by atoms with Crippen molar-refractivity contribution in [2.45, 2.75) is 52.4 Å². The molecule has 0 atom stereocenters. The summed E-state index contributed by atoms with van der Waals surface area (Å²) in [5, 5.41) is 16.1. The molecule has 9 aromatic carbocycles. The average molecular weight is 591 g/mol. The Kier molecular flexibility index (Phi) is 5.54. The van der Waals surface area contributed by atoms with E-state index in [0.717, 1.165) is 0 Å². The highest BCUT2D eigenvalue weighted by atomic mass is 14.2. The van der Waals surface area contributed by atoms with Gasteiger partial charge in [0, 0.05) is 0 Å². The van der Waals surface area contributed by atoms with Crippen LogP contribution < -0.4 is 0 Å². The summed E-state index contributed by atoms with van der Waals surface area (Å²) >= 11 is 0. The van der Waals surface area contributed by atoms with Gasteiger partial charge in [-0.3, -0.25) is 0 Å². The molecule has 0 bridgehead atoms. The Morgan fingerprint density at radius 3 is 0.696 bits per heavy atom. The fraction of sp³-hybridized carbons (Fsp3) is 0.174. The molecule has 0 aliphatic rings. The van der Waals surface area contributed by atoms with Crippen LogP contribution in [0.2, 0.25) is 0 Å². The zero-order chi connectivity index (χ0) is 31.5. The minimum absolute atomic E-state index is 0.124. The van der Waals surface area contributed by atoms with Crippen molar-refractivity contribution in [3.63, 3.8) is 0 Å². The summed E-state index contributed by atoms with van der Waals surface area (Å²) < 4.78 is 0. The van der Waals surface area contributed by atoms with E-state index in [1.165, 1.54) is 98.0 Å². The van der Waals surface area contributed by atoms with Gasteiger partial charge in [0.1, 0.15) is 0 Å². The smallest absolute Gasteiger partial charge is 0.00264 e. The Labute approximate surface area is 271 Å². The fourth-order valence-electron chi connectivity index (χ4n) is 7.73. The first-order valence-electron chi connectivity index (χ1n) is 16.6. The summed E-state index contributed by atoms with van der Waals surface area (Å²) in [5.74, 6) is 0. The third-order valence-corrected chi connectivity index (χ3v) is 10.4. The number of rotatable bonds is 2. The topological polar surface area (TPSA) is 0 Å². The molecule has 0 amide bonds. The molecule has 0 nitrogen and oxygen atoms in total. The molecule has 0 aromatic heterocycles. The molecule has 0 unspecified atom stereocenters. The Morgan fingerprint density at radius 1 is 0.261 bits per heavy atom. The van der Waals surface area contributed by atoms with E-state index < -0.39 is 0 Å². The summed E-state index contributed by atoms with van der Waals surface area (Å²) in [5.41, 5.74) is 8.04. The minimum atomic E-state index is 0.124. The fourth-order valence-corrected chi connectivity index (χ4v) is 7.73. The van der Waals surface area contributed by atoms with Crippen molar-refractivity contribution in [1.29, 1.82) is 0 Å². The third kappa shape index (κ3) is 4.13. The molecule has 0 saturated carbocycles. The highest BCUT2D eigenvalue weighted by Crippen LogP contribution is 2.42. The minimum Gasteiger partial charge on any atom is -0.0561 e. The van der Waals surface area contributed by atoms with Crippen molar-refractivity contribution in [3.8, 4) is 22.3 Å². The molecule has 9 aromatic rings. The van der Waals surface area contributed by atoms with Gasteiger partial charge in [-0.05, 0) is 133 Å². The maximum absolute atomic E-state index is 2.38. The molecule has 222 valence electrons. The number of benzene rings is 9. The van der Waals surface area contributed by atoms with Crippen LogP contribution in [0, 0.1) is 0 Å². The molecule has 0 N–H and O–H groups in total. The van der Waals surface area contributed by atoms with Crippen LogP contribution in [0.3, 0.4) is 0 Å². The quantitative estimate of drug-likeness (QED) is 0.176. The maximum atomic E-state index is 2.38. The Bertz CT molecular complexity index is 2300. The van der Waals surface area contributed by atoms with Crippen molar-refractivity contribution in [1.82, 2.24) is 0 Å². The number of hydrogen-bond acceptors (Lipinski definition) is 0. The van der Waals surface area contributed by atoms with E-state index in [9.17, 15) is 0 Å². The Balaban J connectivity index is 1.11. The van der Waals surface area contributed by atoms with Gasteiger partial charge in [-0.25, -0.2) is 0 Å². The first kappa shape index (κ1) is 27.4. The normalized spacial score (nSPS) is 13.0. The largest absolute Gasteiger partial charge is 0.0561 e. The lowest BCUT2D eigenvalue weighted by molar-refractivity contribution is 0.591. The van der Waals surface area contributed by atoms with Crippen molar-refractivity contribution in [2.75, 3.05) is 0 Å². The van der Waals surface area contributed by atoms with Crippen LogP contribution >= 0.6 is 0 Å². The summed E-state index contributed by atoms with van der Waals surface area (Å²) in [7, 11) is 0. The van der Waals surface area contributed by atoms with E-state index in [-0.39, 0.29) is 10.8 Å². The lowest BCUT2D eigenvalue weighted by Crippen LogP contribution is -2.10. The Hall–Kier alpha value is -4.94. The zero-order valence-corrected chi connectivity index (χ0v) is 27.5. The highest BCUT2D eigenvalue weighted by Gasteiger charge is 2.19. The van der Waals surface area contributed by atoms with E-state index >= 15 is 0 Å². The second-order valence-corrected chi connectivity index (χ2v) is 15.5. The average Bonchev–Trinajstić information content (AvgIpc) is 3.04. The molecular weight excluding hydrogens is 553 g/mol. The van der Waals surface area contributed by atoms with Gasteiger partial charge in [-0.1, -0.05) is 139 Å². The van der Waals surface area contributed by atoms with Crippen LogP contribution in [-0.2, 0) is 10.8 Å². The molecule has 0 saturated heterocycles. The molecule has 0 fully saturated rings. The molecular formula is C46H38. The van der Waals surface area contributed by atoms with Crippen LogP contribution in [0.25, 0.3) is 86.9 Å². The lowest BCUT2D eigenvalue weighted by atomic mass is 9.83. The van der Waals surface area contributed by atoms with Crippen LogP contribution in [0.5, 0.6) is 0 Å². The Morgan fingerprint density at radius 2 is 0.478 bits per heavy atom. The summed E-state index contributed by atoms with van der Waals surface area (Å²) in [6.07, 6.45) is 0. The summed E-state index contributed by atoms with van der Waals surface area (Å²) in [6.45, 7) is 13.8. The lowest BCUT2D eigenvalue weighted by Gasteiger charge is -2.21. The summed E-state index contributed by atoms with van der Waals surface area (Å²) in [4.78, 5) is 0. The second kappa shape index (κ2) is 9.30. The van der Waals surface area contributed by atoms with E-state index in [1.54, 1.807) is 0 Å². The zero-order valence-electron chi connectivity index (χ0n) is 27.5. The predicted molar refractivity (Wildman–Crippen MR) is 202 cm³/mol. The molecule has 0 heteroatoms. The molecule has 0 spiro atoms. The molecule has 9 rings (SSSR count). The van der Waals surface area contributed by atoms with Gasteiger partial charge in [0.2, 0.25) is 0 Å². The monoisotopic (exact) mass is 590 g/mol. The molecule has 0 aliphatic heterocycles. The molecule has 46 heavy (non-hydrogen) atoms. The second-order valence-electron chi connectivity index (χ2n) is 15.5. The van der Waals surface area contributed by atoms with Crippen molar-refractivity contribution >= 4 is 64.6 Å².